The Bertz CT molecular complexity index is 330. The summed E-state index contributed by atoms with van der Waals surface area (Å²) in [4.78, 5) is 2.46. The van der Waals surface area contributed by atoms with Gasteiger partial charge in [-0.05, 0) is 53.6 Å². The van der Waals surface area contributed by atoms with Gasteiger partial charge in [0.05, 0.1) is 17.8 Å². The first-order chi connectivity index (χ1) is 9.31. The van der Waals surface area contributed by atoms with Crippen LogP contribution in [0.5, 0.6) is 0 Å². The quantitative estimate of drug-likeness (QED) is 0.805. The number of nitrogens with zero attached hydrogens (tertiary/aromatic N) is 1. The largest absolute Gasteiger partial charge is 0.395 e. The molecule has 2 rings (SSSR count). The Balaban J connectivity index is 2.13. The van der Waals surface area contributed by atoms with Crippen LogP contribution in [0.15, 0.2) is 0 Å². The van der Waals surface area contributed by atoms with E-state index in [0.29, 0.717) is 18.0 Å². The van der Waals surface area contributed by atoms with E-state index in [1.54, 1.807) is 0 Å². The van der Waals surface area contributed by atoms with Gasteiger partial charge in [0, 0.05) is 24.5 Å². The van der Waals surface area contributed by atoms with Crippen molar-refractivity contribution in [2.75, 3.05) is 26.2 Å². The Hall–Kier alpha value is -0.160. The molecule has 0 bridgehead atoms. The summed E-state index contributed by atoms with van der Waals surface area (Å²) in [7, 11) is 0. The Morgan fingerprint density at radius 1 is 1.25 bits per heavy atom. The number of aliphatic hydroxyl groups is 1. The first-order valence-electron chi connectivity index (χ1n) is 8.10. The molecule has 2 saturated heterocycles. The standard InChI is InChI=1S/C16H32N2O2/c1-6-17-14-13(15(2,3)20-16(14,4)5)10-18-9-7-8-12(18)11-19/h12-14,17,19H,6-11H2,1-5H3. The van der Waals surface area contributed by atoms with Crippen LogP contribution in [0.1, 0.15) is 47.5 Å². The summed E-state index contributed by atoms with van der Waals surface area (Å²) in [6.07, 6.45) is 2.33. The van der Waals surface area contributed by atoms with E-state index in [1.807, 2.05) is 0 Å². The summed E-state index contributed by atoms with van der Waals surface area (Å²) < 4.78 is 6.34. The van der Waals surface area contributed by atoms with E-state index in [-0.39, 0.29) is 17.8 Å². The van der Waals surface area contributed by atoms with Crippen molar-refractivity contribution in [1.29, 1.82) is 0 Å². The van der Waals surface area contributed by atoms with Crippen molar-refractivity contribution in [3.8, 4) is 0 Å². The molecule has 4 nitrogen and oxygen atoms in total. The summed E-state index contributed by atoms with van der Waals surface area (Å²) in [5.74, 6) is 0.449. The Kier molecular flexibility index (Phi) is 4.80. The van der Waals surface area contributed by atoms with E-state index in [9.17, 15) is 5.11 Å². The molecule has 0 aliphatic carbocycles. The highest BCUT2D eigenvalue weighted by molar-refractivity contribution is 5.06. The molecule has 2 fully saturated rings. The van der Waals surface area contributed by atoms with Gasteiger partial charge in [0.15, 0.2) is 0 Å². The summed E-state index contributed by atoms with van der Waals surface area (Å²) in [6.45, 7) is 14.3. The summed E-state index contributed by atoms with van der Waals surface area (Å²) in [5.41, 5.74) is -0.266. The second-order valence-corrected chi connectivity index (χ2v) is 7.42. The molecule has 0 saturated carbocycles. The molecule has 0 aromatic rings. The van der Waals surface area contributed by atoms with Gasteiger partial charge in [0.1, 0.15) is 0 Å². The fourth-order valence-corrected chi connectivity index (χ4v) is 4.23. The zero-order valence-corrected chi connectivity index (χ0v) is 13.8. The van der Waals surface area contributed by atoms with Crippen molar-refractivity contribution < 1.29 is 9.84 Å². The van der Waals surface area contributed by atoms with E-state index >= 15 is 0 Å². The van der Waals surface area contributed by atoms with E-state index in [2.05, 4.69) is 44.8 Å². The smallest absolute Gasteiger partial charge is 0.0790 e. The van der Waals surface area contributed by atoms with Crippen LogP contribution in [-0.2, 0) is 4.74 Å². The third kappa shape index (κ3) is 3.03. The van der Waals surface area contributed by atoms with Gasteiger partial charge in [-0.15, -0.1) is 0 Å². The number of hydrogen-bond acceptors (Lipinski definition) is 4. The molecule has 0 aromatic heterocycles. The predicted molar refractivity (Wildman–Crippen MR) is 81.9 cm³/mol. The molecule has 3 unspecified atom stereocenters. The van der Waals surface area contributed by atoms with Gasteiger partial charge in [-0.25, -0.2) is 0 Å². The molecule has 3 atom stereocenters. The Labute approximate surface area is 123 Å². The van der Waals surface area contributed by atoms with Crippen molar-refractivity contribution in [2.24, 2.45) is 5.92 Å². The molecule has 2 N–H and O–H groups in total. The van der Waals surface area contributed by atoms with Gasteiger partial charge in [0.25, 0.3) is 0 Å². The number of ether oxygens (including phenoxy) is 1. The second-order valence-electron chi connectivity index (χ2n) is 7.42. The molecule has 0 spiro atoms. The predicted octanol–water partition coefficient (Wildman–Crippen LogP) is 1.62. The van der Waals surface area contributed by atoms with Gasteiger partial charge in [-0.1, -0.05) is 6.92 Å². The summed E-state index contributed by atoms with van der Waals surface area (Å²) in [5, 5.41) is 13.2. The topological polar surface area (TPSA) is 44.7 Å². The normalized spacial score (nSPS) is 36.6. The number of hydrogen-bond donors (Lipinski definition) is 2. The molecular formula is C16H32N2O2. The van der Waals surface area contributed by atoms with Crippen LogP contribution in [-0.4, -0.2) is 59.5 Å². The SMILES string of the molecule is CCNC1C(CN2CCCC2CO)C(C)(C)OC1(C)C. The zero-order chi connectivity index (χ0) is 15.0. The minimum atomic E-state index is -0.140. The Morgan fingerprint density at radius 2 is 1.95 bits per heavy atom. The monoisotopic (exact) mass is 284 g/mol. The van der Waals surface area contributed by atoms with Crippen LogP contribution in [0.25, 0.3) is 0 Å². The van der Waals surface area contributed by atoms with Gasteiger partial charge < -0.3 is 15.2 Å². The van der Waals surface area contributed by atoms with Crippen LogP contribution in [0, 0.1) is 5.92 Å². The molecule has 2 heterocycles. The average molecular weight is 284 g/mol. The zero-order valence-electron chi connectivity index (χ0n) is 13.8. The average Bonchev–Trinajstić information content (AvgIpc) is 2.84. The molecule has 2 aliphatic rings. The fraction of sp³-hybridized carbons (Fsp3) is 1.00. The number of rotatable bonds is 5. The maximum absolute atomic E-state index is 9.52. The lowest BCUT2D eigenvalue weighted by molar-refractivity contribution is -0.0800. The van der Waals surface area contributed by atoms with Crippen LogP contribution < -0.4 is 5.32 Å². The first kappa shape index (κ1) is 16.2. The van der Waals surface area contributed by atoms with Crippen LogP contribution in [0.3, 0.4) is 0 Å². The highest BCUT2D eigenvalue weighted by Gasteiger charge is 2.54. The van der Waals surface area contributed by atoms with Crippen LogP contribution in [0.4, 0.5) is 0 Å². The third-order valence-electron chi connectivity index (χ3n) is 5.14. The van der Waals surface area contributed by atoms with Crippen molar-refractivity contribution in [1.82, 2.24) is 10.2 Å². The lowest BCUT2D eigenvalue weighted by Gasteiger charge is -2.35. The lowest BCUT2D eigenvalue weighted by atomic mass is 9.82. The summed E-state index contributed by atoms with van der Waals surface area (Å²) in [6, 6.07) is 0.708. The lowest BCUT2D eigenvalue weighted by Crippen LogP contribution is -2.51. The maximum atomic E-state index is 9.52. The van der Waals surface area contributed by atoms with Crippen molar-refractivity contribution >= 4 is 0 Å². The van der Waals surface area contributed by atoms with Gasteiger partial charge in [-0.2, -0.15) is 0 Å². The minimum absolute atomic E-state index is 0.126. The number of likely N-dealkylation sites (tertiary alicyclic amines) is 1. The molecular weight excluding hydrogens is 252 g/mol. The van der Waals surface area contributed by atoms with E-state index in [4.69, 9.17) is 4.74 Å². The van der Waals surface area contributed by atoms with Gasteiger partial charge in [0.2, 0.25) is 0 Å². The molecule has 2 aliphatic heterocycles. The van der Waals surface area contributed by atoms with Crippen LogP contribution in [0.2, 0.25) is 0 Å². The van der Waals surface area contributed by atoms with Crippen molar-refractivity contribution in [2.45, 2.75) is 70.7 Å². The first-order valence-corrected chi connectivity index (χ1v) is 8.10. The minimum Gasteiger partial charge on any atom is -0.395 e. The highest BCUT2D eigenvalue weighted by Crippen LogP contribution is 2.43. The highest BCUT2D eigenvalue weighted by atomic mass is 16.5. The number of likely N-dealkylation sites (N-methyl/N-ethyl adjacent to an activating group) is 1. The maximum Gasteiger partial charge on any atom is 0.0790 e. The van der Waals surface area contributed by atoms with Gasteiger partial charge >= 0.3 is 0 Å². The van der Waals surface area contributed by atoms with Crippen molar-refractivity contribution in [3.63, 3.8) is 0 Å². The second kappa shape index (κ2) is 5.91. The molecule has 0 radical (unpaired) electrons. The molecule has 4 heteroatoms. The van der Waals surface area contributed by atoms with E-state index in [1.165, 1.54) is 6.42 Å². The third-order valence-corrected chi connectivity index (χ3v) is 5.14. The van der Waals surface area contributed by atoms with E-state index < -0.39 is 0 Å². The fourth-order valence-electron chi connectivity index (χ4n) is 4.23. The number of aliphatic hydroxyl groups excluding tert-OH is 1. The summed E-state index contributed by atoms with van der Waals surface area (Å²) >= 11 is 0. The van der Waals surface area contributed by atoms with Gasteiger partial charge in [-0.3, -0.25) is 4.90 Å². The van der Waals surface area contributed by atoms with Crippen LogP contribution >= 0.6 is 0 Å². The molecule has 0 aromatic carbocycles. The molecule has 0 amide bonds. The molecule has 118 valence electrons. The van der Waals surface area contributed by atoms with Crippen molar-refractivity contribution in [3.05, 3.63) is 0 Å². The molecule has 20 heavy (non-hydrogen) atoms. The number of nitrogens with one attached hydrogen (secondary N) is 1. The van der Waals surface area contributed by atoms with E-state index in [0.717, 1.165) is 26.1 Å². The Morgan fingerprint density at radius 3 is 2.55 bits per heavy atom.